The molecule has 0 bridgehead atoms. The molecule has 1 N–H and O–H groups in total. The third kappa shape index (κ3) is 5.54. The van der Waals surface area contributed by atoms with Gasteiger partial charge in [-0.15, -0.1) is 0 Å². The molecule has 174 valence electrons. The lowest BCUT2D eigenvalue weighted by atomic mass is 10.1. The lowest BCUT2D eigenvalue weighted by Gasteiger charge is -2.29. The maximum atomic E-state index is 13.3. The van der Waals surface area contributed by atoms with Crippen LogP contribution in [-0.4, -0.2) is 29.6 Å². The van der Waals surface area contributed by atoms with Crippen molar-refractivity contribution in [3.05, 3.63) is 58.1 Å². The molecule has 6 nitrogen and oxygen atoms in total. The average Bonchev–Trinajstić information content (AvgIpc) is 2.79. The van der Waals surface area contributed by atoms with Gasteiger partial charge in [0.05, 0.1) is 23.4 Å². The van der Waals surface area contributed by atoms with Gasteiger partial charge in [0.15, 0.2) is 16.6 Å². The van der Waals surface area contributed by atoms with E-state index in [0.717, 1.165) is 18.4 Å². The molecule has 0 saturated carbocycles. The van der Waals surface area contributed by atoms with Crippen molar-refractivity contribution in [3.8, 4) is 11.5 Å². The molecule has 0 unspecified atom stereocenters. The van der Waals surface area contributed by atoms with Crippen LogP contribution in [0.2, 0.25) is 5.02 Å². The van der Waals surface area contributed by atoms with Crippen LogP contribution in [0.5, 0.6) is 11.5 Å². The van der Waals surface area contributed by atoms with Crippen LogP contribution < -0.4 is 19.7 Å². The van der Waals surface area contributed by atoms with Crippen LogP contribution in [0.1, 0.15) is 45.2 Å². The van der Waals surface area contributed by atoms with Crippen LogP contribution in [0.3, 0.4) is 0 Å². The molecule has 2 amide bonds. The predicted molar refractivity (Wildman–Crippen MR) is 135 cm³/mol. The van der Waals surface area contributed by atoms with Gasteiger partial charge < -0.3 is 9.47 Å². The Morgan fingerprint density at radius 1 is 1.15 bits per heavy atom. The quantitative estimate of drug-likeness (QED) is 0.311. The fourth-order valence-electron chi connectivity index (χ4n) is 3.27. The fourth-order valence-corrected chi connectivity index (χ4v) is 3.82. The van der Waals surface area contributed by atoms with Crippen LogP contribution in [-0.2, 0) is 16.0 Å². The van der Waals surface area contributed by atoms with Crippen molar-refractivity contribution >= 4 is 52.5 Å². The summed E-state index contributed by atoms with van der Waals surface area (Å²) in [6.07, 6.45) is 3.11. The van der Waals surface area contributed by atoms with Gasteiger partial charge >= 0.3 is 0 Å². The number of halogens is 1. The number of carbonyl (C=O) groups is 2. The van der Waals surface area contributed by atoms with Crippen molar-refractivity contribution in [1.82, 2.24) is 5.32 Å². The molecule has 1 saturated heterocycles. The lowest BCUT2D eigenvalue weighted by molar-refractivity contribution is -0.122. The Kier molecular flexibility index (Phi) is 8.10. The Morgan fingerprint density at radius 2 is 1.85 bits per heavy atom. The molecule has 0 aliphatic carbocycles. The standard InChI is InChI=1S/C25H27ClN2O4S/c1-5-15(4)32-22-20(26)13-17(14-21(22)31-7-3)12-19-23(29)27-25(33)28(24(19)30)18-10-8-16(6-2)9-11-18/h8-15H,5-7H2,1-4H3,(H,27,29,33)/b19-12+/t15-/m0/s1. The Bertz CT molecular complexity index is 1100. The van der Waals surface area contributed by atoms with E-state index in [4.69, 9.17) is 33.3 Å². The van der Waals surface area contributed by atoms with Gasteiger partial charge in [0, 0.05) is 0 Å². The largest absolute Gasteiger partial charge is 0.490 e. The molecule has 1 aliphatic heterocycles. The van der Waals surface area contributed by atoms with Gasteiger partial charge in [0.25, 0.3) is 11.8 Å². The highest BCUT2D eigenvalue weighted by molar-refractivity contribution is 7.80. The third-order valence-electron chi connectivity index (χ3n) is 5.24. The zero-order valence-corrected chi connectivity index (χ0v) is 20.7. The molecule has 0 aromatic heterocycles. The normalized spacial score (nSPS) is 16.1. The summed E-state index contributed by atoms with van der Waals surface area (Å²) in [6, 6.07) is 10.8. The molecule has 33 heavy (non-hydrogen) atoms. The summed E-state index contributed by atoms with van der Waals surface area (Å²) in [5, 5.41) is 2.97. The molecule has 3 rings (SSSR count). The number of benzene rings is 2. The first-order chi connectivity index (χ1) is 15.8. The molecule has 2 aromatic carbocycles. The predicted octanol–water partition coefficient (Wildman–Crippen LogP) is 5.31. The number of amides is 2. The van der Waals surface area contributed by atoms with Gasteiger partial charge in [-0.1, -0.05) is 37.6 Å². The van der Waals surface area contributed by atoms with Crippen LogP contribution in [0.25, 0.3) is 6.08 Å². The summed E-state index contributed by atoms with van der Waals surface area (Å²) < 4.78 is 11.6. The lowest BCUT2D eigenvalue weighted by Crippen LogP contribution is -2.54. The van der Waals surface area contributed by atoms with Gasteiger partial charge in [-0.2, -0.15) is 0 Å². The van der Waals surface area contributed by atoms with Crippen molar-refractivity contribution in [2.45, 2.75) is 46.6 Å². The van der Waals surface area contributed by atoms with Crippen molar-refractivity contribution < 1.29 is 19.1 Å². The molecule has 1 aliphatic rings. The number of hydrogen-bond acceptors (Lipinski definition) is 5. The first-order valence-corrected chi connectivity index (χ1v) is 11.7. The summed E-state index contributed by atoms with van der Waals surface area (Å²) in [5.74, 6) is -0.195. The summed E-state index contributed by atoms with van der Waals surface area (Å²) in [7, 11) is 0. The first-order valence-electron chi connectivity index (χ1n) is 10.9. The summed E-state index contributed by atoms with van der Waals surface area (Å²) in [4.78, 5) is 27.2. The van der Waals surface area contributed by atoms with E-state index in [1.54, 1.807) is 12.1 Å². The number of hydrogen-bond donors (Lipinski definition) is 1. The molecule has 1 heterocycles. The zero-order chi connectivity index (χ0) is 24.1. The number of anilines is 1. The van der Waals surface area contributed by atoms with Gasteiger partial charge in [-0.3, -0.25) is 19.8 Å². The van der Waals surface area contributed by atoms with Crippen molar-refractivity contribution in [2.75, 3.05) is 11.5 Å². The SMILES string of the molecule is CCOc1cc(/C=C2\C(=O)NC(=S)N(c3ccc(CC)cc3)C2=O)cc(Cl)c1O[C@@H](C)CC. The molecule has 1 fully saturated rings. The highest BCUT2D eigenvalue weighted by atomic mass is 35.5. The Hall–Kier alpha value is -2.90. The van der Waals surface area contributed by atoms with Crippen LogP contribution in [0, 0.1) is 0 Å². The molecular formula is C25H27ClN2O4S. The topological polar surface area (TPSA) is 67.9 Å². The number of rotatable bonds is 8. The number of nitrogens with one attached hydrogen (secondary N) is 1. The van der Waals surface area contributed by atoms with E-state index in [9.17, 15) is 9.59 Å². The highest BCUT2D eigenvalue weighted by Gasteiger charge is 2.34. The van der Waals surface area contributed by atoms with E-state index in [2.05, 4.69) is 5.32 Å². The number of thiocarbonyl (C=S) groups is 1. The number of nitrogens with zero attached hydrogens (tertiary/aromatic N) is 1. The van der Waals surface area contributed by atoms with Crippen molar-refractivity contribution in [2.24, 2.45) is 0 Å². The number of carbonyl (C=O) groups excluding carboxylic acids is 2. The fraction of sp³-hybridized carbons (Fsp3) is 0.320. The van der Waals surface area contributed by atoms with Gasteiger partial charge in [0.1, 0.15) is 5.57 Å². The Balaban J connectivity index is 2.00. The molecular weight excluding hydrogens is 460 g/mol. The summed E-state index contributed by atoms with van der Waals surface area (Å²) in [5.41, 5.74) is 2.19. The van der Waals surface area contributed by atoms with E-state index < -0.39 is 11.8 Å². The minimum absolute atomic E-state index is 0.0386. The number of aryl methyl sites for hydroxylation is 1. The van der Waals surface area contributed by atoms with Gasteiger partial charge in [-0.05, 0) is 80.4 Å². The molecule has 8 heteroatoms. The zero-order valence-electron chi connectivity index (χ0n) is 19.1. The molecule has 2 aromatic rings. The second-order valence-electron chi connectivity index (χ2n) is 7.58. The van der Waals surface area contributed by atoms with Crippen LogP contribution in [0.15, 0.2) is 42.0 Å². The first kappa shape index (κ1) is 24.7. The second kappa shape index (κ2) is 10.8. The van der Waals surface area contributed by atoms with Crippen LogP contribution >= 0.6 is 23.8 Å². The van der Waals surface area contributed by atoms with Gasteiger partial charge in [-0.25, -0.2) is 0 Å². The smallest absolute Gasteiger partial charge is 0.270 e. The average molecular weight is 487 g/mol. The molecule has 0 spiro atoms. The summed E-state index contributed by atoms with van der Waals surface area (Å²) in [6.45, 7) is 8.26. The maximum absolute atomic E-state index is 13.3. The van der Waals surface area contributed by atoms with E-state index in [1.165, 1.54) is 11.0 Å². The minimum Gasteiger partial charge on any atom is -0.490 e. The third-order valence-corrected chi connectivity index (χ3v) is 5.81. The minimum atomic E-state index is -0.569. The van der Waals surface area contributed by atoms with E-state index >= 15 is 0 Å². The highest BCUT2D eigenvalue weighted by Crippen LogP contribution is 2.38. The Morgan fingerprint density at radius 3 is 2.45 bits per heavy atom. The molecule has 0 radical (unpaired) electrons. The number of ether oxygens (including phenoxy) is 2. The Labute approximate surface area is 204 Å². The second-order valence-corrected chi connectivity index (χ2v) is 8.37. The monoisotopic (exact) mass is 486 g/mol. The molecule has 1 atom stereocenters. The van der Waals surface area contributed by atoms with Crippen LogP contribution in [0.4, 0.5) is 5.69 Å². The van der Waals surface area contributed by atoms with Gasteiger partial charge in [0.2, 0.25) is 0 Å². The van der Waals surface area contributed by atoms with E-state index in [0.29, 0.717) is 34.4 Å². The van der Waals surface area contributed by atoms with E-state index in [1.807, 2.05) is 52.0 Å². The van der Waals surface area contributed by atoms with Crippen molar-refractivity contribution in [1.29, 1.82) is 0 Å². The van der Waals surface area contributed by atoms with Crippen molar-refractivity contribution in [3.63, 3.8) is 0 Å². The maximum Gasteiger partial charge on any atom is 0.270 e. The summed E-state index contributed by atoms with van der Waals surface area (Å²) >= 11 is 11.8. The van der Waals surface area contributed by atoms with E-state index in [-0.39, 0.29) is 16.8 Å².